The minimum atomic E-state index is -0.616. The number of carbonyl (C=O) groups excluding carboxylic acids is 1. The Kier molecular flexibility index (Phi) is 4.73. The highest BCUT2D eigenvalue weighted by Gasteiger charge is 2.31. The van der Waals surface area contributed by atoms with Crippen LogP contribution in [0.15, 0.2) is 18.3 Å². The lowest BCUT2D eigenvalue weighted by Crippen LogP contribution is -2.45. The van der Waals surface area contributed by atoms with Crippen molar-refractivity contribution in [2.75, 3.05) is 0 Å². The summed E-state index contributed by atoms with van der Waals surface area (Å²) in [6, 6.07) is 2.92. The van der Waals surface area contributed by atoms with Crippen molar-refractivity contribution in [1.29, 1.82) is 0 Å². The van der Waals surface area contributed by atoms with E-state index < -0.39 is 5.95 Å². The van der Waals surface area contributed by atoms with Crippen molar-refractivity contribution < 1.29 is 9.18 Å². The topological polar surface area (TPSA) is 42.0 Å². The number of halogens is 1. The highest BCUT2D eigenvalue weighted by Crippen LogP contribution is 2.33. The van der Waals surface area contributed by atoms with Crippen LogP contribution in [-0.4, -0.2) is 16.9 Å². The van der Waals surface area contributed by atoms with Crippen LogP contribution in [0.5, 0.6) is 0 Å². The van der Waals surface area contributed by atoms with E-state index in [1.54, 1.807) is 6.07 Å². The third-order valence-corrected chi connectivity index (χ3v) is 4.33. The summed E-state index contributed by atoms with van der Waals surface area (Å²) in [4.78, 5) is 15.7. The Hall–Kier alpha value is -1.45. The van der Waals surface area contributed by atoms with E-state index in [9.17, 15) is 9.18 Å². The summed E-state index contributed by atoms with van der Waals surface area (Å²) in [5, 5.41) is 3.09. The largest absolute Gasteiger partial charge is 0.349 e. The van der Waals surface area contributed by atoms with Crippen LogP contribution in [0.4, 0.5) is 4.39 Å². The van der Waals surface area contributed by atoms with Crippen LogP contribution in [0.1, 0.15) is 50.4 Å². The van der Waals surface area contributed by atoms with Crippen molar-refractivity contribution in [2.24, 2.45) is 17.8 Å². The maximum absolute atomic E-state index is 13.1. The van der Waals surface area contributed by atoms with Gasteiger partial charge in [0.1, 0.15) is 0 Å². The third kappa shape index (κ3) is 3.56. The molecule has 0 aliphatic heterocycles. The second-order valence-electron chi connectivity index (χ2n) is 6.27. The maximum Gasteiger partial charge on any atom is 0.251 e. The molecule has 3 atom stereocenters. The van der Waals surface area contributed by atoms with E-state index in [1.165, 1.54) is 18.7 Å². The molecule has 1 aliphatic rings. The molecule has 1 aromatic heterocycles. The summed E-state index contributed by atoms with van der Waals surface area (Å²) in [6.45, 7) is 6.62. The molecular weight excluding hydrogens is 255 g/mol. The predicted molar refractivity (Wildman–Crippen MR) is 76.8 cm³/mol. The smallest absolute Gasteiger partial charge is 0.251 e. The molecule has 0 aromatic carbocycles. The van der Waals surface area contributed by atoms with E-state index >= 15 is 0 Å². The van der Waals surface area contributed by atoms with Gasteiger partial charge in [-0.15, -0.1) is 0 Å². The van der Waals surface area contributed by atoms with Crippen molar-refractivity contribution in [3.63, 3.8) is 0 Å². The summed E-state index contributed by atoms with van der Waals surface area (Å²) in [5.74, 6) is 0.861. The first kappa shape index (κ1) is 14.9. The van der Waals surface area contributed by atoms with Crippen molar-refractivity contribution in [1.82, 2.24) is 10.3 Å². The van der Waals surface area contributed by atoms with E-state index in [1.807, 2.05) is 0 Å². The summed E-state index contributed by atoms with van der Waals surface area (Å²) < 4.78 is 13.1. The number of pyridine rings is 1. The van der Waals surface area contributed by atoms with Gasteiger partial charge in [0.15, 0.2) is 0 Å². The number of carbonyl (C=O) groups is 1. The zero-order valence-electron chi connectivity index (χ0n) is 12.4. The Morgan fingerprint density at radius 1 is 1.45 bits per heavy atom. The molecule has 0 bridgehead atoms. The molecule has 4 heteroatoms. The van der Waals surface area contributed by atoms with Crippen LogP contribution in [0, 0.1) is 23.7 Å². The highest BCUT2D eigenvalue weighted by atomic mass is 19.1. The number of rotatable bonds is 3. The van der Waals surface area contributed by atoms with Crippen LogP contribution in [0.2, 0.25) is 0 Å². The minimum absolute atomic E-state index is 0.183. The van der Waals surface area contributed by atoms with E-state index in [0.29, 0.717) is 23.3 Å². The molecule has 3 nitrogen and oxygen atoms in total. The molecule has 110 valence electrons. The van der Waals surface area contributed by atoms with Gasteiger partial charge in [-0.25, -0.2) is 4.98 Å². The molecule has 2 rings (SSSR count). The Morgan fingerprint density at radius 3 is 2.85 bits per heavy atom. The van der Waals surface area contributed by atoms with Crippen molar-refractivity contribution in [2.45, 2.75) is 46.1 Å². The van der Waals surface area contributed by atoms with Crippen LogP contribution in [-0.2, 0) is 0 Å². The van der Waals surface area contributed by atoms with Gasteiger partial charge in [0.2, 0.25) is 5.95 Å². The molecule has 0 radical (unpaired) electrons. The van der Waals surface area contributed by atoms with Gasteiger partial charge in [0, 0.05) is 23.9 Å². The molecule has 0 spiro atoms. The first-order chi connectivity index (χ1) is 9.47. The standard InChI is InChI=1S/C16H23FN2O/c1-10(2)13-5-4-11(3)8-14(13)19-16(20)12-6-7-18-15(17)9-12/h6-7,9-11,13-14H,4-5,8H2,1-3H3,(H,19,20)/t11-,13+,14+/m1/s1. The molecular formula is C16H23FN2O. The van der Waals surface area contributed by atoms with E-state index in [2.05, 4.69) is 31.1 Å². The first-order valence-corrected chi connectivity index (χ1v) is 7.39. The summed E-state index contributed by atoms with van der Waals surface area (Å²) >= 11 is 0. The second-order valence-corrected chi connectivity index (χ2v) is 6.27. The quantitative estimate of drug-likeness (QED) is 0.861. The monoisotopic (exact) mass is 278 g/mol. The van der Waals surface area contributed by atoms with Crippen molar-refractivity contribution in [3.8, 4) is 0 Å². The lowest BCUT2D eigenvalue weighted by atomic mass is 9.74. The zero-order chi connectivity index (χ0) is 14.7. The van der Waals surface area contributed by atoms with Crippen molar-refractivity contribution in [3.05, 3.63) is 29.8 Å². The molecule has 1 aromatic rings. The number of hydrogen-bond donors (Lipinski definition) is 1. The summed E-state index contributed by atoms with van der Waals surface area (Å²) in [5.41, 5.74) is 0.346. The van der Waals surface area contributed by atoms with Gasteiger partial charge in [-0.1, -0.05) is 27.2 Å². The van der Waals surface area contributed by atoms with Crippen LogP contribution in [0.3, 0.4) is 0 Å². The normalized spacial score (nSPS) is 26.6. The SMILES string of the molecule is CC(C)[C@@H]1CC[C@@H](C)C[C@@H]1NC(=O)c1ccnc(F)c1. The third-order valence-electron chi connectivity index (χ3n) is 4.33. The number of nitrogens with zero attached hydrogens (tertiary/aromatic N) is 1. The van der Waals surface area contributed by atoms with Gasteiger partial charge in [-0.05, 0) is 36.7 Å². The van der Waals surface area contributed by atoms with Gasteiger partial charge in [-0.3, -0.25) is 4.79 Å². The zero-order valence-corrected chi connectivity index (χ0v) is 12.4. The Labute approximate surface area is 120 Å². The average molecular weight is 278 g/mol. The molecule has 20 heavy (non-hydrogen) atoms. The Balaban J connectivity index is 2.08. The lowest BCUT2D eigenvalue weighted by Gasteiger charge is -2.37. The summed E-state index contributed by atoms with van der Waals surface area (Å²) in [6.07, 6.45) is 4.70. The maximum atomic E-state index is 13.1. The fourth-order valence-corrected chi connectivity index (χ4v) is 3.16. The Morgan fingerprint density at radius 2 is 2.20 bits per heavy atom. The summed E-state index contributed by atoms with van der Waals surface area (Å²) in [7, 11) is 0. The molecule has 1 N–H and O–H groups in total. The molecule has 1 heterocycles. The molecule has 1 aliphatic carbocycles. The number of hydrogen-bond acceptors (Lipinski definition) is 2. The predicted octanol–water partition coefficient (Wildman–Crippen LogP) is 3.41. The van der Waals surface area contributed by atoms with Gasteiger partial charge in [-0.2, -0.15) is 4.39 Å². The number of aromatic nitrogens is 1. The van der Waals surface area contributed by atoms with Gasteiger partial charge < -0.3 is 5.32 Å². The number of nitrogens with one attached hydrogen (secondary N) is 1. The van der Waals surface area contributed by atoms with Crippen LogP contribution < -0.4 is 5.32 Å². The van der Waals surface area contributed by atoms with Gasteiger partial charge in [0.05, 0.1) is 0 Å². The molecule has 1 fully saturated rings. The van der Waals surface area contributed by atoms with Crippen molar-refractivity contribution >= 4 is 5.91 Å². The highest BCUT2D eigenvalue weighted by molar-refractivity contribution is 5.94. The van der Waals surface area contributed by atoms with Crippen LogP contribution >= 0.6 is 0 Å². The average Bonchev–Trinajstić information content (AvgIpc) is 2.38. The molecule has 0 unspecified atom stereocenters. The van der Waals surface area contributed by atoms with E-state index in [-0.39, 0.29) is 11.9 Å². The van der Waals surface area contributed by atoms with E-state index in [4.69, 9.17) is 0 Å². The molecule has 1 amide bonds. The number of amides is 1. The van der Waals surface area contributed by atoms with Gasteiger partial charge in [0.25, 0.3) is 5.91 Å². The Bertz CT molecular complexity index is 475. The first-order valence-electron chi connectivity index (χ1n) is 7.39. The van der Waals surface area contributed by atoms with Crippen LogP contribution in [0.25, 0.3) is 0 Å². The van der Waals surface area contributed by atoms with E-state index in [0.717, 1.165) is 12.8 Å². The minimum Gasteiger partial charge on any atom is -0.349 e. The second kappa shape index (κ2) is 6.33. The fraction of sp³-hybridized carbons (Fsp3) is 0.625. The van der Waals surface area contributed by atoms with Gasteiger partial charge >= 0.3 is 0 Å². The fourth-order valence-electron chi connectivity index (χ4n) is 3.16. The lowest BCUT2D eigenvalue weighted by molar-refractivity contribution is 0.0867. The molecule has 1 saturated carbocycles. The molecule has 0 saturated heterocycles.